The van der Waals surface area contributed by atoms with Crippen molar-refractivity contribution >= 4 is 22.8 Å². The van der Waals surface area contributed by atoms with Crippen molar-refractivity contribution in [3.05, 3.63) is 56.9 Å². The highest BCUT2D eigenvalue weighted by molar-refractivity contribution is 5.91. The SMILES string of the molecule is CC[C@@]1(O)C(=O)OCc2c1cc(-c1cc3c4c(cc(O)cc4n1)CC[C@@H]3NC(=O)CO)[nH]c2=O. The molecule has 0 fully saturated rings. The van der Waals surface area contributed by atoms with Crippen LogP contribution in [0.4, 0.5) is 0 Å². The van der Waals surface area contributed by atoms with Crippen molar-refractivity contribution in [3.63, 3.8) is 0 Å². The minimum atomic E-state index is -1.95. The van der Waals surface area contributed by atoms with Gasteiger partial charge in [0.1, 0.15) is 19.0 Å². The number of phenols is 1. The highest BCUT2D eigenvalue weighted by atomic mass is 16.6. The molecule has 0 unspecified atom stereocenters. The summed E-state index contributed by atoms with van der Waals surface area (Å²) in [5.74, 6) is -1.30. The van der Waals surface area contributed by atoms with E-state index in [1.165, 1.54) is 12.1 Å². The van der Waals surface area contributed by atoms with Crippen LogP contribution in [0.15, 0.2) is 29.1 Å². The van der Waals surface area contributed by atoms with Crippen molar-refractivity contribution in [3.8, 4) is 17.1 Å². The van der Waals surface area contributed by atoms with Gasteiger partial charge in [-0.3, -0.25) is 9.59 Å². The number of ether oxygens (including phenoxy) is 1. The molecule has 0 saturated carbocycles. The summed E-state index contributed by atoms with van der Waals surface area (Å²) in [6.45, 7) is 0.729. The van der Waals surface area contributed by atoms with Gasteiger partial charge in [-0.1, -0.05) is 6.92 Å². The van der Waals surface area contributed by atoms with E-state index in [9.17, 15) is 29.7 Å². The zero-order valence-electron chi connectivity index (χ0n) is 18.3. The van der Waals surface area contributed by atoms with Crippen LogP contribution in [-0.2, 0) is 33.0 Å². The molecule has 176 valence electrons. The normalized spacial score (nSPS) is 21.1. The monoisotopic (exact) mass is 465 g/mol. The van der Waals surface area contributed by atoms with E-state index in [1.807, 2.05) is 0 Å². The number of amides is 1. The maximum absolute atomic E-state index is 12.8. The second-order valence-electron chi connectivity index (χ2n) is 8.61. The number of pyridine rings is 2. The highest BCUT2D eigenvalue weighted by Crippen LogP contribution is 2.40. The molecule has 3 aromatic rings. The molecule has 1 aliphatic carbocycles. The summed E-state index contributed by atoms with van der Waals surface area (Å²) in [6, 6.07) is 6.00. The third-order valence-electron chi connectivity index (χ3n) is 6.62. The fraction of sp³-hybridized carbons (Fsp3) is 0.333. The highest BCUT2D eigenvalue weighted by Gasteiger charge is 2.44. The van der Waals surface area contributed by atoms with Crippen LogP contribution in [0.1, 0.15) is 48.1 Å². The van der Waals surface area contributed by atoms with Gasteiger partial charge >= 0.3 is 5.97 Å². The number of carbonyl (C=O) groups excluding carboxylic acids is 2. The molecule has 0 bridgehead atoms. The predicted octanol–water partition coefficient (Wildman–Crippen LogP) is 1.05. The predicted molar refractivity (Wildman–Crippen MR) is 120 cm³/mol. The molecule has 10 heteroatoms. The third-order valence-corrected chi connectivity index (χ3v) is 6.62. The van der Waals surface area contributed by atoms with Crippen LogP contribution in [0.25, 0.3) is 22.3 Å². The molecule has 0 spiro atoms. The van der Waals surface area contributed by atoms with Crippen molar-refractivity contribution in [2.45, 2.75) is 44.4 Å². The number of hydrogen-bond donors (Lipinski definition) is 5. The lowest BCUT2D eigenvalue weighted by Gasteiger charge is -2.31. The molecule has 0 radical (unpaired) electrons. The van der Waals surface area contributed by atoms with Crippen molar-refractivity contribution < 1.29 is 29.6 Å². The van der Waals surface area contributed by atoms with Crippen LogP contribution in [0, 0.1) is 0 Å². The Bertz CT molecular complexity index is 1410. The summed E-state index contributed by atoms with van der Waals surface area (Å²) in [5.41, 5.74) is 0.550. The summed E-state index contributed by atoms with van der Waals surface area (Å²) in [4.78, 5) is 44.5. The third kappa shape index (κ3) is 3.34. The number of aliphatic hydroxyl groups is 2. The number of aliphatic hydroxyl groups excluding tert-OH is 1. The van der Waals surface area contributed by atoms with E-state index >= 15 is 0 Å². The van der Waals surface area contributed by atoms with Crippen molar-refractivity contribution in [1.82, 2.24) is 15.3 Å². The summed E-state index contributed by atoms with van der Waals surface area (Å²) in [5, 5.41) is 34.0. The number of phenolic OH excluding ortho intramolecular Hbond substituents is 1. The standard InChI is InChI=1S/C24H23N3O7/c1-2-24(33)15-8-18(27-22(31)14(15)10-34-23(24)32)17-7-13-16(26-20(30)9-28)4-3-11-5-12(29)6-19(25-17)21(11)13/h5-8,16,28-29,33H,2-4,9-10H2,1H3,(H,26,30)(H,27,31)/t16-,24-/m0/s1. The quantitative estimate of drug-likeness (QED) is 0.357. The van der Waals surface area contributed by atoms with Gasteiger partial charge in [0.05, 0.1) is 28.5 Å². The molecule has 0 saturated heterocycles. The first-order valence-corrected chi connectivity index (χ1v) is 11.0. The fourth-order valence-electron chi connectivity index (χ4n) is 4.87. The molecular weight excluding hydrogens is 442 g/mol. The molecule has 2 atom stereocenters. The van der Waals surface area contributed by atoms with E-state index in [4.69, 9.17) is 4.74 Å². The first kappa shape index (κ1) is 22.1. The molecule has 34 heavy (non-hydrogen) atoms. The Hall–Kier alpha value is -3.76. The zero-order chi connectivity index (χ0) is 24.2. The van der Waals surface area contributed by atoms with Crippen molar-refractivity contribution in [1.29, 1.82) is 0 Å². The Labute approximate surface area is 193 Å². The molecule has 1 aliphatic heterocycles. The van der Waals surface area contributed by atoms with Gasteiger partial charge in [0.2, 0.25) is 5.91 Å². The van der Waals surface area contributed by atoms with Gasteiger partial charge in [0.15, 0.2) is 5.60 Å². The number of nitrogens with zero attached hydrogens (tertiary/aromatic N) is 1. The van der Waals surface area contributed by atoms with Crippen molar-refractivity contribution in [2.24, 2.45) is 0 Å². The Morgan fingerprint density at radius 3 is 2.82 bits per heavy atom. The van der Waals surface area contributed by atoms with Gasteiger partial charge in [-0.25, -0.2) is 9.78 Å². The Morgan fingerprint density at radius 2 is 2.09 bits per heavy atom. The van der Waals surface area contributed by atoms with Crippen LogP contribution in [0.5, 0.6) is 5.75 Å². The smallest absolute Gasteiger partial charge is 0.343 e. The second-order valence-corrected chi connectivity index (χ2v) is 8.61. The lowest BCUT2D eigenvalue weighted by molar-refractivity contribution is -0.172. The summed E-state index contributed by atoms with van der Waals surface area (Å²) >= 11 is 0. The van der Waals surface area contributed by atoms with Crippen LogP contribution in [-0.4, -0.2) is 43.8 Å². The number of hydrogen-bond acceptors (Lipinski definition) is 8. The summed E-state index contributed by atoms with van der Waals surface area (Å²) < 4.78 is 5.01. The molecule has 3 heterocycles. The van der Waals surface area contributed by atoms with Crippen LogP contribution < -0.4 is 10.9 Å². The molecule has 10 nitrogen and oxygen atoms in total. The fourth-order valence-corrected chi connectivity index (χ4v) is 4.87. The molecule has 5 N–H and O–H groups in total. The number of aromatic hydroxyl groups is 1. The van der Waals surface area contributed by atoms with Crippen LogP contribution in [0.3, 0.4) is 0 Å². The number of aromatic nitrogens is 2. The molecule has 1 aromatic carbocycles. The largest absolute Gasteiger partial charge is 0.508 e. The lowest BCUT2D eigenvalue weighted by Crippen LogP contribution is -2.43. The second kappa shape index (κ2) is 7.93. The molecular formula is C24H23N3O7. The van der Waals surface area contributed by atoms with Crippen LogP contribution >= 0.6 is 0 Å². The van der Waals surface area contributed by atoms with Gasteiger partial charge in [-0.05, 0) is 48.6 Å². The number of H-pyrrole nitrogens is 1. The molecule has 2 aromatic heterocycles. The number of esters is 1. The lowest BCUT2D eigenvalue weighted by atomic mass is 9.84. The maximum atomic E-state index is 12.8. The van der Waals surface area contributed by atoms with E-state index in [1.54, 1.807) is 19.1 Å². The van der Waals surface area contributed by atoms with Gasteiger partial charge in [0, 0.05) is 17.0 Å². The topological polar surface area (TPSA) is 162 Å². The van der Waals surface area contributed by atoms with E-state index in [-0.39, 0.29) is 35.6 Å². The number of benzene rings is 1. The van der Waals surface area contributed by atoms with E-state index in [0.29, 0.717) is 24.1 Å². The summed E-state index contributed by atoms with van der Waals surface area (Å²) in [7, 11) is 0. The number of nitrogens with one attached hydrogen (secondary N) is 2. The molecule has 5 rings (SSSR count). The van der Waals surface area contributed by atoms with Gasteiger partial charge in [-0.2, -0.15) is 0 Å². The Kier molecular flexibility index (Phi) is 5.14. The Balaban J connectivity index is 1.74. The van der Waals surface area contributed by atoms with E-state index < -0.39 is 35.7 Å². The van der Waals surface area contributed by atoms with Gasteiger partial charge in [-0.15, -0.1) is 0 Å². The average Bonchev–Trinajstić information content (AvgIpc) is 2.82. The number of carbonyl (C=O) groups is 2. The number of fused-ring (bicyclic) bond motifs is 1. The summed E-state index contributed by atoms with van der Waals surface area (Å²) in [6.07, 6.45) is 1.16. The maximum Gasteiger partial charge on any atom is 0.343 e. The van der Waals surface area contributed by atoms with E-state index in [2.05, 4.69) is 15.3 Å². The Morgan fingerprint density at radius 1 is 1.29 bits per heavy atom. The molecule has 2 aliphatic rings. The number of cyclic esters (lactones) is 1. The minimum absolute atomic E-state index is 0.0185. The van der Waals surface area contributed by atoms with Gasteiger partial charge < -0.3 is 30.4 Å². The first-order chi connectivity index (χ1) is 16.2. The zero-order valence-corrected chi connectivity index (χ0v) is 18.3. The van der Waals surface area contributed by atoms with Crippen LogP contribution in [0.2, 0.25) is 0 Å². The minimum Gasteiger partial charge on any atom is -0.508 e. The number of aryl methyl sites for hydroxylation is 1. The van der Waals surface area contributed by atoms with Crippen molar-refractivity contribution in [2.75, 3.05) is 6.61 Å². The van der Waals surface area contributed by atoms with Gasteiger partial charge in [0.25, 0.3) is 5.56 Å². The average molecular weight is 465 g/mol. The number of aromatic amines is 1. The first-order valence-electron chi connectivity index (χ1n) is 11.0. The molecule has 1 amide bonds. The van der Waals surface area contributed by atoms with E-state index in [0.717, 1.165) is 16.5 Å². The number of rotatable bonds is 4.